The fourth-order valence-electron chi connectivity index (χ4n) is 1.63. The lowest BCUT2D eigenvalue weighted by Crippen LogP contribution is -2.20. The minimum atomic E-state index is -0.0530. The van der Waals surface area contributed by atoms with Crippen molar-refractivity contribution in [2.45, 2.75) is 13.5 Å². The second-order valence-electron chi connectivity index (χ2n) is 4.05. The van der Waals surface area contributed by atoms with Gasteiger partial charge in [0.25, 0.3) is 5.56 Å². The Bertz CT molecular complexity index is 622. The van der Waals surface area contributed by atoms with Crippen LogP contribution in [0, 0.1) is 6.92 Å². The van der Waals surface area contributed by atoms with E-state index < -0.39 is 0 Å². The molecule has 0 aromatic carbocycles. The van der Waals surface area contributed by atoms with Gasteiger partial charge in [0.2, 0.25) is 0 Å². The van der Waals surface area contributed by atoms with Gasteiger partial charge in [-0.1, -0.05) is 11.6 Å². The molecule has 0 aliphatic heterocycles. The van der Waals surface area contributed by atoms with Crippen molar-refractivity contribution >= 4 is 17.4 Å². The Morgan fingerprint density at radius 1 is 1.39 bits per heavy atom. The van der Waals surface area contributed by atoms with E-state index in [1.165, 1.54) is 0 Å². The van der Waals surface area contributed by atoms with Gasteiger partial charge in [0, 0.05) is 19.3 Å². The zero-order valence-electron chi connectivity index (χ0n) is 10.3. The molecule has 0 radical (unpaired) electrons. The Kier molecular flexibility index (Phi) is 3.67. The summed E-state index contributed by atoms with van der Waals surface area (Å²) in [5.41, 5.74) is 1.57. The van der Waals surface area contributed by atoms with Crippen molar-refractivity contribution < 1.29 is 0 Å². The number of halogens is 1. The second kappa shape index (κ2) is 5.23. The van der Waals surface area contributed by atoms with E-state index in [4.69, 9.17) is 11.6 Å². The topological polar surface area (TPSA) is 46.9 Å². The summed E-state index contributed by atoms with van der Waals surface area (Å²) >= 11 is 6.08. The number of nitrogens with one attached hydrogen (secondary N) is 1. The molecule has 0 unspecified atom stereocenters. The molecule has 2 aromatic heterocycles. The average molecular weight is 264 g/mol. The van der Waals surface area contributed by atoms with E-state index in [0.29, 0.717) is 17.3 Å². The molecule has 0 spiro atoms. The summed E-state index contributed by atoms with van der Waals surface area (Å²) in [7, 11) is 1.79. The Morgan fingerprint density at radius 3 is 2.83 bits per heavy atom. The highest BCUT2D eigenvalue weighted by atomic mass is 35.5. The normalized spacial score (nSPS) is 10.4. The third-order valence-corrected chi connectivity index (χ3v) is 2.99. The van der Waals surface area contributed by atoms with Crippen molar-refractivity contribution in [3.05, 3.63) is 57.1 Å². The van der Waals surface area contributed by atoms with Gasteiger partial charge < -0.3 is 9.88 Å². The molecule has 0 fully saturated rings. The molecule has 0 aliphatic rings. The summed E-state index contributed by atoms with van der Waals surface area (Å²) in [6.07, 6.45) is 1.75. The summed E-state index contributed by atoms with van der Waals surface area (Å²) in [6.45, 7) is 2.26. The monoisotopic (exact) mass is 263 g/mol. The van der Waals surface area contributed by atoms with Crippen LogP contribution >= 0.6 is 11.6 Å². The van der Waals surface area contributed by atoms with E-state index in [-0.39, 0.29) is 5.56 Å². The average Bonchev–Trinajstić information content (AvgIpc) is 2.35. The molecule has 1 N–H and O–H groups in total. The Morgan fingerprint density at radius 2 is 2.17 bits per heavy atom. The molecule has 5 heteroatoms. The highest BCUT2D eigenvalue weighted by Crippen LogP contribution is 2.17. The molecule has 94 valence electrons. The number of hydrogen-bond acceptors (Lipinski definition) is 3. The van der Waals surface area contributed by atoms with Crippen LogP contribution in [0.3, 0.4) is 0 Å². The predicted octanol–water partition coefficient (Wildman–Crippen LogP) is 2.30. The largest absolute Gasteiger partial charge is 0.373 e. The fraction of sp³-hybridized carbons (Fsp3) is 0.231. The second-order valence-corrected chi connectivity index (χ2v) is 4.45. The summed E-state index contributed by atoms with van der Waals surface area (Å²) in [5.74, 6) is 0.731. The maximum atomic E-state index is 11.8. The number of anilines is 1. The van der Waals surface area contributed by atoms with Crippen LogP contribution in [0.25, 0.3) is 0 Å². The summed E-state index contributed by atoms with van der Waals surface area (Å²) in [6, 6.07) is 7.05. The van der Waals surface area contributed by atoms with Crippen molar-refractivity contribution in [1.82, 2.24) is 9.55 Å². The van der Waals surface area contributed by atoms with Crippen molar-refractivity contribution in [3.63, 3.8) is 0 Å². The van der Waals surface area contributed by atoms with Gasteiger partial charge in [0.1, 0.15) is 5.82 Å². The predicted molar refractivity (Wildman–Crippen MR) is 73.3 cm³/mol. The molecule has 0 atom stereocenters. The maximum absolute atomic E-state index is 11.8. The first kappa shape index (κ1) is 12.6. The Labute approximate surface area is 110 Å². The molecule has 18 heavy (non-hydrogen) atoms. The highest BCUT2D eigenvalue weighted by Gasteiger charge is 2.05. The van der Waals surface area contributed by atoms with Crippen molar-refractivity contribution in [2.75, 3.05) is 12.4 Å². The Hall–Kier alpha value is -1.81. The standard InChI is InChI=1S/C13H14ClN3O/c1-9-5-6-17(13(18)7-9)8-11-10(14)3-4-12(15-2)16-11/h3-7H,8H2,1-2H3,(H,15,16). The van der Waals surface area contributed by atoms with Gasteiger partial charge in [-0.15, -0.1) is 0 Å². The van der Waals surface area contributed by atoms with Gasteiger partial charge in [0.05, 0.1) is 17.3 Å². The molecule has 0 aliphatic carbocycles. The minimum absolute atomic E-state index is 0.0530. The summed E-state index contributed by atoms with van der Waals surface area (Å²) in [4.78, 5) is 16.1. The fourth-order valence-corrected chi connectivity index (χ4v) is 1.80. The van der Waals surface area contributed by atoms with Crippen LogP contribution in [0.4, 0.5) is 5.82 Å². The number of aromatic nitrogens is 2. The van der Waals surface area contributed by atoms with E-state index >= 15 is 0 Å². The van der Waals surface area contributed by atoms with Crippen LogP contribution in [-0.2, 0) is 6.54 Å². The summed E-state index contributed by atoms with van der Waals surface area (Å²) in [5, 5.41) is 3.50. The van der Waals surface area contributed by atoms with E-state index in [2.05, 4.69) is 10.3 Å². The van der Waals surface area contributed by atoms with Gasteiger partial charge in [0.15, 0.2) is 0 Å². The molecule has 0 saturated carbocycles. The van der Waals surface area contributed by atoms with E-state index in [9.17, 15) is 4.79 Å². The van der Waals surface area contributed by atoms with Gasteiger partial charge in [-0.2, -0.15) is 0 Å². The van der Waals surface area contributed by atoms with Gasteiger partial charge in [-0.25, -0.2) is 4.98 Å². The first-order chi connectivity index (χ1) is 8.60. The van der Waals surface area contributed by atoms with Crippen LogP contribution in [0.5, 0.6) is 0 Å². The number of rotatable bonds is 3. The van der Waals surface area contributed by atoms with Gasteiger partial charge >= 0.3 is 0 Å². The third-order valence-electron chi connectivity index (χ3n) is 2.65. The van der Waals surface area contributed by atoms with Gasteiger partial charge in [-0.05, 0) is 30.7 Å². The van der Waals surface area contributed by atoms with Crippen LogP contribution < -0.4 is 10.9 Å². The molecule has 2 rings (SSSR count). The van der Waals surface area contributed by atoms with Crippen molar-refractivity contribution in [2.24, 2.45) is 0 Å². The lowest BCUT2D eigenvalue weighted by atomic mass is 10.3. The lowest BCUT2D eigenvalue weighted by Gasteiger charge is -2.08. The van der Waals surface area contributed by atoms with Crippen molar-refractivity contribution in [3.8, 4) is 0 Å². The maximum Gasteiger partial charge on any atom is 0.251 e. The lowest BCUT2D eigenvalue weighted by molar-refractivity contribution is 0.738. The molecule has 0 saturated heterocycles. The molecular weight excluding hydrogens is 250 g/mol. The molecule has 2 heterocycles. The molecule has 4 nitrogen and oxygen atoms in total. The van der Waals surface area contributed by atoms with E-state index in [1.54, 1.807) is 36.0 Å². The van der Waals surface area contributed by atoms with E-state index in [0.717, 1.165) is 11.4 Å². The van der Waals surface area contributed by atoms with E-state index in [1.807, 2.05) is 13.0 Å². The van der Waals surface area contributed by atoms with Crippen LogP contribution in [-0.4, -0.2) is 16.6 Å². The number of nitrogens with zero attached hydrogens (tertiary/aromatic N) is 2. The Balaban J connectivity index is 2.36. The SMILES string of the molecule is CNc1ccc(Cl)c(Cn2ccc(C)cc2=O)n1. The van der Waals surface area contributed by atoms with Crippen molar-refractivity contribution in [1.29, 1.82) is 0 Å². The zero-order valence-corrected chi connectivity index (χ0v) is 11.0. The first-order valence-corrected chi connectivity index (χ1v) is 5.98. The zero-order chi connectivity index (χ0) is 13.1. The molecular formula is C13H14ClN3O. The van der Waals surface area contributed by atoms with Crippen LogP contribution in [0.2, 0.25) is 5.02 Å². The quantitative estimate of drug-likeness (QED) is 0.924. The molecule has 0 bridgehead atoms. The third kappa shape index (κ3) is 2.71. The summed E-state index contributed by atoms with van der Waals surface area (Å²) < 4.78 is 1.58. The highest BCUT2D eigenvalue weighted by molar-refractivity contribution is 6.31. The first-order valence-electron chi connectivity index (χ1n) is 5.60. The number of hydrogen-bond donors (Lipinski definition) is 1. The number of aryl methyl sites for hydroxylation is 1. The molecule has 2 aromatic rings. The van der Waals surface area contributed by atoms with Gasteiger partial charge in [-0.3, -0.25) is 4.79 Å². The smallest absolute Gasteiger partial charge is 0.251 e. The van der Waals surface area contributed by atoms with Crippen LogP contribution in [0.15, 0.2) is 35.3 Å². The molecule has 0 amide bonds. The minimum Gasteiger partial charge on any atom is -0.373 e. The number of pyridine rings is 2. The van der Waals surface area contributed by atoms with Crippen LogP contribution in [0.1, 0.15) is 11.3 Å².